The molecule has 0 aliphatic carbocycles. The van der Waals surface area contributed by atoms with Gasteiger partial charge in [-0.3, -0.25) is 23.7 Å². The van der Waals surface area contributed by atoms with Crippen molar-refractivity contribution in [2.75, 3.05) is 5.32 Å². The zero-order valence-electron chi connectivity index (χ0n) is 16.2. The Morgan fingerprint density at radius 1 is 1.31 bits per heavy atom. The van der Waals surface area contributed by atoms with Gasteiger partial charge in [0.15, 0.2) is 11.6 Å². The van der Waals surface area contributed by atoms with E-state index in [0.717, 1.165) is 0 Å². The summed E-state index contributed by atoms with van der Waals surface area (Å²) in [6.07, 6.45) is 2.40. The van der Waals surface area contributed by atoms with Crippen molar-refractivity contribution >= 4 is 23.5 Å². The molecule has 2 heterocycles. The van der Waals surface area contributed by atoms with Crippen LogP contribution >= 0.6 is 0 Å². The number of carboxylic acids is 1. The van der Waals surface area contributed by atoms with E-state index in [1.807, 2.05) is 0 Å². The molecule has 2 aromatic heterocycles. The monoisotopic (exact) mass is 406 g/mol. The third-order valence-electron chi connectivity index (χ3n) is 4.25. The van der Waals surface area contributed by atoms with Crippen molar-refractivity contribution < 1.29 is 24.1 Å². The maximum atomic E-state index is 12.8. The van der Waals surface area contributed by atoms with Crippen molar-refractivity contribution in [1.82, 2.24) is 25.2 Å². The molecule has 29 heavy (non-hydrogen) atoms. The number of nitrogens with zero attached hydrogens (tertiary/aromatic N) is 4. The lowest BCUT2D eigenvalue weighted by Gasteiger charge is -2.21. The number of carbonyl (C=O) groups is 3. The second-order valence-corrected chi connectivity index (χ2v) is 6.33. The fraction of sp³-hybridized carbons (Fsp3) is 0.471. The Hall–Kier alpha value is -3.57. The standard InChI is InChI=1S/C17H22N6O6/c1-4-13(16(27)20-11(10(3)24)7-14(25)26)23-6-5-18-15(17(23)28)19-8-12-9(2)21-29-22-12/h5-6,11,13H,4,7-8H2,1-3H3,(H,18,19)(H,20,27)(H,25,26)/t11-,13?/m0/s1. The number of aliphatic carboxylic acids is 1. The van der Waals surface area contributed by atoms with Crippen LogP contribution in [0.1, 0.15) is 44.1 Å². The number of anilines is 1. The van der Waals surface area contributed by atoms with Crippen molar-refractivity contribution in [2.24, 2.45) is 0 Å². The number of aryl methyl sites for hydroxylation is 1. The van der Waals surface area contributed by atoms with Crippen LogP contribution < -0.4 is 16.2 Å². The third-order valence-corrected chi connectivity index (χ3v) is 4.25. The van der Waals surface area contributed by atoms with Crippen LogP contribution in [0, 0.1) is 6.92 Å². The molecule has 2 aromatic rings. The van der Waals surface area contributed by atoms with Crippen LogP contribution in [0.2, 0.25) is 0 Å². The zero-order valence-corrected chi connectivity index (χ0v) is 16.2. The van der Waals surface area contributed by atoms with Gasteiger partial charge in [0.25, 0.3) is 5.56 Å². The number of aromatic nitrogens is 4. The molecule has 1 unspecified atom stereocenters. The predicted octanol–water partition coefficient (Wildman–Crippen LogP) is 0.0464. The molecular weight excluding hydrogens is 384 g/mol. The number of carboxylic acid groups (broad SMARTS) is 1. The molecule has 0 saturated carbocycles. The van der Waals surface area contributed by atoms with Crippen LogP contribution in [0.3, 0.4) is 0 Å². The molecule has 2 rings (SSSR count). The second-order valence-electron chi connectivity index (χ2n) is 6.33. The summed E-state index contributed by atoms with van der Waals surface area (Å²) in [5, 5.41) is 21.5. The lowest BCUT2D eigenvalue weighted by molar-refractivity contribution is -0.140. The Kier molecular flexibility index (Phi) is 7.17. The van der Waals surface area contributed by atoms with Crippen molar-refractivity contribution in [1.29, 1.82) is 0 Å². The van der Waals surface area contributed by atoms with Crippen LogP contribution in [-0.4, -0.2) is 48.7 Å². The first-order valence-corrected chi connectivity index (χ1v) is 8.86. The van der Waals surface area contributed by atoms with Gasteiger partial charge in [-0.1, -0.05) is 17.2 Å². The summed E-state index contributed by atoms with van der Waals surface area (Å²) in [4.78, 5) is 51.9. The van der Waals surface area contributed by atoms with E-state index in [2.05, 4.69) is 30.6 Å². The maximum Gasteiger partial charge on any atom is 0.305 e. The van der Waals surface area contributed by atoms with Crippen molar-refractivity contribution in [3.05, 3.63) is 34.1 Å². The Morgan fingerprint density at radius 3 is 2.59 bits per heavy atom. The first-order chi connectivity index (χ1) is 13.7. The molecule has 156 valence electrons. The first-order valence-electron chi connectivity index (χ1n) is 8.86. The van der Waals surface area contributed by atoms with Gasteiger partial charge in [-0.2, -0.15) is 0 Å². The largest absolute Gasteiger partial charge is 0.481 e. The predicted molar refractivity (Wildman–Crippen MR) is 99.1 cm³/mol. The number of hydrogen-bond acceptors (Lipinski definition) is 9. The molecule has 0 bridgehead atoms. The van der Waals surface area contributed by atoms with Gasteiger partial charge in [-0.05, 0) is 20.3 Å². The highest BCUT2D eigenvalue weighted by atomic mass is 16.6. The Bertz CT molecular complexity index is 952. The molecule has 0 aliphatic rings. The summed E-state index contributed by atoms with van der Waals surface area (Å²) >= 11 is 0. The highest BCUT2D eigenvalue weighted by molar-refractivity contribution is 5.91. The first kappa shape index (κ1) is 21.7. The van der Waals surface area contributed by atoms with Crippen molar-refractivity contribution in [2.45, 2.75) is 52.2 Å². The molecule has 3 N–H and O–H groups in total. The summed E-state index contributed by atoms with van der Waals surface area (Å²) in [7, 11) is 0. The summed E-state index contributed by atoms with van der Waals surface area (Å²) in [5.41, 5.74) is 0.513. The van der Waals surface area contributed by atoms with Crippen LogP contribution in [-0.2, 0) is 20.9 Å². The Morgan fingerprint density at radius 2 is 2.03 bits per heavy atom. The van der Waals surface area contributed by atoms with Crippen LogP contribution in [0.4, 0.5) is 5.82 Å². The number of Topliss-reactive ketones (excluding diaryl/α,β-unsaturated/α-hetero) is 1. The Balaban J connectivity index is 2.20. The normalized spacial score (nSPS) is 12.8. The summed E-state index contributed by atoms with van der Waals surface area (Å²) in [6.45, 7) is 4.73. The van der Waals surface area contributed by atoms with E-state index in [9.17, 15) is 19.2 Å². The van der Waals surface area contributed by atoms with E-state index in [4.69, 9.17) is 5.11 Å². The number of rotatable bonds is 10. The van der Waals surface area contributed by atoms with Gasteiger partial charge in [0, 0.05) is 12.4 Å². The molecule has 0 spiro atoms. The summed E-state index contributed by atoms with van der Waals surface area (Å²) < 4.78 is 5.77. The van der Waals surface area contributed by atoms with Crippen LogP contribution in [0.25, 0.3) is 0 Å². The highest BCUT2D eigenvalue weighted by Gasteiger charge is 2.26. The lowest BCUT2D eigenvalue weighted by atomic mass is 10.1. The van der Waals surface area contributed by atoms with E-state index in [1.165, 1.54) is 23.9 Å². The summed E-state index contributed by atoms with van der Waals surface area (Å²) in [5.74, 6) is -2.35. The van der Waals surface area contributed by atoms with E-state index >= 15 is 0 Å². The van der Waals surface area contributed by atoms with Gasteiger partial charge >= 0.3 is 5.97 Å². The molecule has 12 nitrogen and oxygen atoms in total. The molecule has 0 radical (unpaired) electrons. The average molecular weight is 406 g/mol. The van der Waals surface area contributed by atoms with E-state index in [-0.39, 0.29) is 18.8 Å². The molecule has 12 heteroatoms. The minimum Gasteiger partial charge on any atom is -0.481 e. The number of amides is 1. The van der Waals surface area contributed by atoms with Crippen molar-refractivity contribution in [3.8, 4) is 0 Å². The SMILES string of the molecule is CCC(C(=O)N[C@@H](CC(=O)O)C(C)=O)n1ccnc(NCc2nonc2C)c1=O. The minimum absolute atomic E-state index is 0.00481. The molecule has 0 fully saturated rings. The fourth-order valence-electron chi connectivity index (χ4n) is 2.62. The third kappa shape index (κ3) is 5.46. The molecule has 0 aliphatic heterocycles. The Labute approximate surface area is 165 Å². The average Bonchev–Trinajstić information content (AvgIpc) is 3.06. The maximum absolute atomic E-state index is 12.8. The number of ketones is 1. The minimum atomic E-state index is -1.22. The quantitative estimate of drug-likeness (QED) is 0.490. The van der Waals surface area contributed by atoms with Gasteiger partial charge in [0.1, 0.15) is 17.4 Å². The number of carbonyl (C=O) groups excluding carboxylic acids is 2. The van der Waals surface area contributed by atoms with Crippen molar-refractivity contribution in [3.63, 3.8) is 0 Å². The fourth-order valence-corrected chi connectivity index (χ4v) is 2.62. The lowest BCUT2D eigenvalue weighted by Crippen LogP contribution is -2.46. The van der Waals surface area contributed by atoms with E-state index < -0.39 is 41.7 Å². The zero-order chi connectivity index (χ0) is 21.6. The van der Waals surface area contributed by atoms with Gasteiger partial charge in [-0.15, -0.1) is 0 Å². The molecule has 1 amide bonds. The highest BCUT2D eigenvalue weighted by Crippen LogP contribution is 2.11. The van der Waals surface area contributed by atoms with E-state index in [0.29, 0.717) is 11.4 Å². The summed E-state index contributed by atoms with van der Waals surface area (Å²) in [6, 6.07) is -2.12. The number of nitrogens with one attached hydrogen (secondary N) is 2. The molecule has 0 aromatic carbocycles. The smallest absolute Gasteiger partial charge is 0.305 e. The van der Waals surface area contributed by atoms with Gasteiger partial charge in [0.05, 0.1) is 19.0 Å². The number of hydrogen-bond donors (Lipinski definition) is 3. The second kappa shape index (κ2) is 9.57. The topological polar surface area (TPSA) is 169 Å². The van der Waals surface area contributed by atoms with Gasteiger partial charge < -0.3 is 15.7 Å². The van der Waals surface area contributed by atoms with Crippen LogP contribution in [0.15, 0.2) is 21.8 Å². The van der Waals surface area contributed by atoms with E-state index in [1.54, 1.807) is 13.8 Å². The van der Waals surface area contributed by atoms with Gasteiger partial charge in [-0.25, -0.2) is 9.61 Å². The molecule has 2 atom stereocenters. The van der Waals surface area contributed by atoms with Crippen LogP contribution in [0.5, 0.6) is 0 Å². The molecular formula is C17H22N6O6. The van der Waals surface area contributed by atoms with Gasteiger partial charge in [0.2, 0.25) is 5.91 Å². The molecule has 0 saturated heterocycles.